The zero-order chi connectivity index (χ0) is 8.55. The van der Waals surface area contributed by atoms with Gasteiger partial charge >= 0.3 is 0 Å². The van der Waals surface area contributed by atoms with Gasteiger partial charge in [0.1, 0.15) is 5.03 Å². The van der Waals surface area contributed by atoms with Crippen LogP contribution in [0.3, 0.4) is 0 Å². The molecule has 1 aliphatic carbocycles. The molecule has 0 saturated heterocycles. The van der Waals surface area contributed by atoms with Crippen molar-refractivity contribution in [3.63, 3.8) is 0 Å². The molecule has 2 N–H and O–H groups in total. The number of nitrogen functional groups attached to an aromatic ring is 1. The predicted octanol–water partition coefficient (Wildman–Crippen LogP) is 1.66. The fourth-order valence-electron chi connectivity index (χ4n) is 1.15. The van der Waals surface area contributed by atoms with Gasteiger partial charge in [-0.1, -0.05) is 0 Å². The molecule has 0 unspecified atom stereocenters. The van der Waals surface area contributed by atoms with Gasteiger partial charge in [-0.25, -0.2) is 9.97 Å². The maximum atomic E-state index is 5.56. The van der Waals surface area contributed by atoms with E-state index in [-0.39, 0.29) is 0 Å². The van der Waals surface area contributed by atoms with Crippen LogP contribution in [0, 0.1) is 0 Å². The molecule has 0 radical (unpaired) electrons. The summed E-state index contributed by atoms with van der Waals surface area (Å²) in [7, 11) is 0. The van der Waals surface area contributed by atoms with Crippen molar-refractivity contribution in [1.29, 1.82) is 0 Å². The fourth-order valence-corrected chi connectivity index (χ4v) is 1.58. The monoisotopic (exact) mass is 181 g/mol. The maximum absolute atomic E-state index is 5.56. The third kappa shape index (κ3) is 1.53. The van der Waals surface area contributed by atoms with Crippen LogP contribution in [-0.4, -0.2) is 16.2 Å². The van der Waals surface area contributed by atoms with Gasteiger partial charge in [-0.05, 0) is 25.2 Å². The van der Waals surface area contributed by atoms with Crippen LogP contribution in [0.5, 0.6) is 0 Å². The molecule has 0 aromatic carbocycles. The molecule has 0 amide bonds. The van der Waals surface area contributed by atoms with Crippen molar-refractivity contribution in [2.45, 2.75) is 23.8 Å². The normalized spacial score (nSPS) is 16.4. The summed E-state index contributed by atoms with van der Waals surface area (Å²) in [5, 5.41) is 0.976. The van der Waals surface area contributed by atoms with Crippen LogP contribution in [0.25, 0.3) is 0 Å². The maximum Gasteiger partial charge on any atom is 0.221 e. The number of nitrogens with zero attached hydrogens (tertiary/aromatic N) is 2. The van der Waals surface area contributed by atoms with Crippen molar-refractivity contribution in [2.75, 3.05) is 12.0 Å². The van der Waals surface area contributed by atoms with Crippen molar-refractivity contribution < 1.29 is 0 Å². The summed E-state index contributed by atoms with van der Waals surface area (Å²) in [4.78, 5) is 8.29. The van der Waals surface area contributed by atoms with E-state index in [1.165, 1.54) is 12.8 Å². The molecular weight excluding hydrogens is 170 g/mol. The minimum Gasteiger partial charge on any atom is -0.368 e. The molecule has 12 heavy (non-hydrogen) atoms. The van der Waals surface area contributed by atoms with Gasteiger partial charge < -0.3 is 5.73 Å². The Morgan fingerprint density at radius 3 is 2.83 bits per heavy atom. The Morgan fingerprint density at radius 1 is 1.50 bits per heavy atom. The van der Waals surface area contributed by atoms with E-state index in [9.17, 15) is 0 Å². The van der Waals surface area contributed by atoms with E-state index in [1.54, 1.807) is 11.8 Å². The van der Waals surface area contributed by atoms with E-state index in [2.05, 4.69) is 9.97 Å². The van der Waals surface area contributed by atoms with Crippen LogP contribution in [0.2, 0.25) is 0 Å². The first-order valence-electron chi connectivity index (χ1n) is 3.98. The predicted molar refractivity (Wildman–Crippen MR) is 50.2 cm³/mol. The average molecular weight is 181 g/mol. The summed E-state index contributed by atoms with van der Waals surface area (Å²) in [5.74, 6) is 1.06. The highest BCUT2D eigenvalue weighted by Crippen LogP contribution is 2.39. The van der Waals surface area contributed by atoms with Gasteiger partial charge in [-0.3, -0.25) is 0 Å². The second kappa shape index (κ2) is 2.94. The summed E-state index contributed by atoms with van der Waals surface area (Å²) < 4.78 is 0. The molecule has 1 aromatic heterocycles. The zero-order valence-corrected chi connectivity index (χ0v) is 7.77. The van der Waals surface area contributed by atoms with E-state index in [0.717, 1.165) is 10.7 Å². The molecule has 0 aliphatic heterocycles. The highest BCUT2D eigenvalue weighted by molar-refractivity contribution is 7.98. The largest absolute Gasteiger partial charge is 0.368 e. The Morgan fingerprint density at radius 2 is 2.25 bits per heavy atom. The minimum atomic E-state index is 0.406. The average Bonchev–Trinajstić information content (AvgIpc) is 2.85. The third-order valence-electron chi connectivity index (χ3n) is 1.94. The fraction of sp³-hybridized carbons (Fsp3) is 0.500. The van der Waals surface area contributed by atoms with Crippen LogP contribution in [0.4, 0.5) is 5.95 Å². The van der Waals surface area contributed by atoms with Gasteiger partial charge in [0.05, 0.1) is 5.69 Å². The summed E-state index contributed by atoms with van der Waals surface area (Å²) in [5.41, 5.74) is 6.68. The molecule has 3 nitrogen and oxygen atoms in total. The first-order chi connectivity index (χ1) is 5.79. The molecule has 4 heteroatoms. The topological polar surface area (TPSA) is 51.8 Å². The van der Waals surface area contributed by atoms with Crippen LogP contribution in [0.1, 0.15) is 24.5 Å². The van der Waals surface area contributed by atoms with E-state index in [1.807, 2.05) is 12.3 Å². The molecule has 0 atom stereocenters. The minimum absolute atomic E-state index is 0.406. The number of nitrogens with two attached hydrogens (primary N) is 1. The highest BCUT2D eigenvalue weighted by atomic mass is 32.2. The van der Waals surface area contributed by atoms with E-state index in [4.69, 9.17) is 5.73 Å². The summed E-state index contributed by atoms with van der Waals surface area (Å²) in [6.45, 7) is 0. The smallest absolute Gasteiger partial charge is 0.221 e. The Labute approximate surface area is 75.8 Å². The number of thioether (sulfide) groups is 1. The van der Waals surface area contributed by atoms with Crippen LogP contribution in [0.15, 0.2) is 11.1 Å². The molecule has 1 saturated carbocycles. The Balaban J connectivity index is 2.34. The van der Waals surface area contributed by atoms with Gasteiger partial charge in [0.2, 0.25) is 5.95 Å². The van der Waals surface area contributed by atoms with E-state index < -0.39 is 0 Å². The molecule has 1 aliphatic rings. The summed E-state index contributed by atoms with van der Waals surface area (Å²) in [6.07, 6.45) is 4.51. The van der Waals surface area contributed by atoms with Gasteiger partial charge in [0.15, 0.2) is 0 Å². The van der Waals surface area contributed by atoms with Crippen LogP contribution in [-0.2, 0) is 0 Å². The summed E-state index contributed by atoms with van der Waals surface area (Å²) in [6, 6.07) is 2.04. The zero-order valence-electron chi connectivity index (χ0n) is 6.95. The number of hydrogen-bond donors (Lipinski definition) is 1. The number of rotatable bonds is 2. The Hall–Kier alpha value is -0.770. The first-order valence-corrected chi connectivity index (χ1v) is 5.20. The lowest BCUT2D eigenvalue weighted by molar-refractivity contribution is 0.951. The number of hydrogen-bond acceptors (Lipinski definition) is 4. The van der Waals surface area contributed by atoms with Crippen LogP contribution < -0.4 is 5.73 Å². The van der Waals surface area contributed by atoms with E-state index >= 15 is 0 Å². The van der Waals surface area contributed by atoms with Crippen molar-refractivity contribution in [2.24, 2.45) is 0 Å². The van der Waals surface area contributed by atoms with E-state index in [0.29, 0.717) is 11.9 Å². The molecule has 0 bridgehead atoms. The lowest BCUT2D eigenvalue weighted by Crippen LogP contribution is -1.99. The lowest BCUT2D eigenvalue weighted by Gasteiger charge is -2.01. The molecule has 0 spiro atoms. The summed E-state index contributed by atoms with van der Waals surface area (Å²) >= 11 is 1.61. The standard InChI is InChI=1S/C8H11N3S/c1-12-7-4-6(5-2-3-5)10-8(9)11-7/h4-5H,2-3H2,1H3,(H2,9,10,11). The quantitative estimate of drug-likeness (QED) is 0.557. The van der Waals surface area contributed by atoms with Crippen molar-refractivity contribution in [3.8, 4) is 0 Å². The number of anilines is 1. The van der Waals surface area contributed by atoms with Gasteiger partial charge in [-0.2, -0.15) is 0 Å². The Bertz CT molecular complexity index is 296. The van der Waals surface area contributed by atoms with Gasteiger partial charge in [0.25, 0.3) is 0 Å². The third-order valence-corrected chi connectivity index (χ3v) is 2.57. The molecule has 2 rings (SSSR count). The van der Waals surface area contributed by atoms with Crippen molar-refractivity contribution in [3.05, 3.63) is 11.8 Å². The lowest BCUT2D eigenvalue weighted by atomic mass is 10.3. The Kier molecular flexibility index (Phi) is 1.92. The SMILES string of the molecule is CSc1cc(C2CC2)nc(N)n1. The molecular formula is C8H11N3S. The molecule has 1 aromatic rings. The first kappa shape index (κ1) is 7.86. The second-order valence-corrected chi connectivity index (χ2v) is 3.79. The number of aromatic nitrogens is 2. The van der Waals surface area contributed by atoms with Crippen LogP contribution >= 0.6 is 11.8 Å². The molecule has 1 fully saturated rings. The highest BCUT2D eigenvalue weighted by Gasteiger charge is 2.25. The van der Waals surface area contributed by atoms with Gasteiger partial charge in [0, 0.05) is 5.92 Å². The van der Waals surface area contributed by atoms with Gasteiger partial charge in [-0.15, -0.1) is 11.8 Å². The molecule has 64 valence electrons. The molecule has 1 heterocycles. The van der Waals surface area contributed by atoms with Crippen molar-refractivity contribution in [1.82, 2.24) is 9.97 Å². The van der Waals surface area contributed by atoms with Crippen molar-refractivity contribution >= 4 is 17.7 Å². The second-order valence-electron chi connectivity index (χ2n) is 2.97.